The molecular formula is C13H15F3N2O3. The first kappa shape index (κ1) is 15.4. The Labute approximate surface area is 118 Å². The van der Waals surface area contributed by atoms with Crippen LogP contribution in [0.5, 0.6) is 5.75 Å². The number of carbonyl (C=O) groups is 1. The summed E-state index contributed by atoms with van der Waals surface area (Å²) in [5.74, 6) is -0.852. The van der Waals surface area contributed by atoms with Crippen LogP contribution in [0.1, 0.15) is 23.2 Å². The third-order valence-electron chi connectivity index (χ3n) is 3.14. The second-order valence-corrected chi connectivity index (χ2v) is 4.92. The van der Waals surface area contributed by atoms with E-state index in [1.807, 2.05) is 0 Å². The van der Waals surface area contributed by atoms with Crippen molar-refractivity contribution in [2.75, 3.05) is 12.3 Å². The van der Waals surface area contributed by atoms with Crippen molar-refractivity contribution < 1.29 is 27.8 Å². The van der Waals surface area contributed by atoms with Crippen LogP contribution in [-0.2, 0) is 0 Å². The highest BCUT2D eigenvalue weighted by Gasteiger charge is 2.32. The third kappa shape index (κ3) is 4.52. The Balaban J connectivity index is 1.96. The van der Waals surface area contributed by atoms with Gasteiger partial charge in [-0.2, -0.15) is 0 Å². The monoisotopic (exact) mass is 304 g/mol. The maximum atomic E-state index is 12.1. The molecule has 1 aliphatic rings. The van der Waals surface area contributed by atoms with Crippen LogP contribution in [0, 0.1) is 5.92 Å². The van der Waals surface area contributed by atoms with Gasteiger partial charge in [0.05, 0.1) is 11.8 Å². The van der Waals surface area contributed by atoms with Gasteiger partial charge in [0, 0.05) is 12.1 Å². The Kier molecular flexibility index (Phi) is 4.26. The van der Waals surface area contributed by atoms with E-state index < -0.39 is 24.1 Å². The van der Waals surface area contributed by atoms with Gasteiger partial charge in [0.2, 0.25) is 0 Å². The van der Waals surface area contributed by atoms with Crippen molar-refractivity contribution in [3.63, 3.8) is 0 Å². The summed E-state index contributed by atoms with van der Waals surface area (Å²) in [4.78, 5) is 11.8. The molecule has 0 aromatic heterocycles. The standard InChI is InChI=1S/C13H15F3N2O3/c14-13(15,16)21-11-4-3-8(5-9(11)17)12(20)18-6-10(19)7-1-2-7/h3-5,7,10,19H,1-2,6,17H2,(H,18,20). The Bertz CT molecular complexity index is 530. The van der Waals surface area contributed by atoms with Crippen LogP contribution in [-0.4, -0.2) is 30.0 Å². The van der Waals surface area contributed by atoms with Gasteiger partial charge in [-0.15, -0.1) is 13.2 Å². The molecule has 8 heteroatoms. The van der Waals surface area contributed by atoms with E-state index in [4.69, 9.17) is 5.73 Å². The molecule has 4 N–H and O–H groups in total. The summed E-state index contributed by atoms with van der Waals surface area (Å²) in [6, 6.07) is 3.26. The SMILES string of the molecule is Nc1cc(C(=O)NCC(O)C2CC2)ccc1OC(F)(F)F. The number of ether oxygens (including phenoxy) is 1. The highest BCUT2D eigenvalue weighted by molar-refractivity contribution is 5.95. The largest absolute Gasteiger partial charge is 0.573 e. The summed E-state index contributed by atoms with van der Waals surface area (Å²) >= 11 is 0. The number of hydrogen-bond acceptors (Lipinski definition) is 4. The molecular weight excluding hydrogens is 289 g/mol. The Hall–Kier alpha value is -1.96. The van der Waals surface area contributed by atoms with Crippen molar-refractivity contribution >= 4 is 11.6 Å². The molecule has 0 heterocycles. The molecule has 1 fully saturated rings. The van der Waals surface area contributed by atoms with Gasteiger partial charge in [0.25, 0.3) is 5.91 Å². The van der Waals surface area contributed by atoms with Crippen LogP contribution in [0.3, 0.4) is 0 Å². The lowest BCUT2D eigenvalue weighted by atomic mass is 10.1. The first-order valence-electron chi connectivity index (χ1n) is 6.38. The summed E-state index contributed by atoms with van der Waals surface area (Å²) in [6.45, 7) is 0.101. The lowest BCUT2D eigenvalue weighted by molar-refractivity contribution is -0.274. The van der Waals surface area contributed by atoms with E-state index in [0.29, 0.717) is 0 Å². The smallest absolute Gasteiger partial charge is 0.404 e. The normalized spacial score (nSPS) is 16.4. The van der Waals surface area contributed by atoms with E-state index >= 15 is 0 Å². The summed E-state index contributed by atoms with van der Waals surface area (Å²) < 4.78 is 40.0. The van der Waals surface area contributed by atoms with Gasteiger partial charge in [-0.1, -0.05) is 0 Å². The van der Waals surface area contributed by atoms with Crippen LogP contribution >= 0.6 is 0 Å². The zero-order valence-electron chi connectivity index (χ0n) is 11.0. The molecule has 0 aliphatic heterocycles. The average molecular weight is 304 g/mol. The number of benzene rings is 1. The molecule has 0 bridgehead atoms. The first-order chi connectivity index (χ1) is 9.76. The van der Waals surface area contributed by atoms with E-state index in [0.717, 1.165) is 25.0 Å². The van der Waals surface area contributed by atoms with Gasteiger partial charge in [-0.05, 0) is 37.0 Å². The molecule has 0 radical (unpaired) electrons. The zero-order chi connectivity index (χ0) is 15.6. The quantitative estimate of drug-likeness (QED) is 0.722. The number of halogens is 3. The van der Waals surface area contributed by atoms with Gasteiger partial charge in [0.15, 0.2) is 5.75 Å². The Morgan fingerprint density at radius 1 is 1.48 bits per heavy atom. The van der Waals surface area contributed by atoms with Crippen molar-refractivity contribution in [3.05, 3.63) is 23.8 Å². The molecule has 1 aromatic rings. The molecule has 1 atom stereocenters. The van der Waals surface area contributed by atoms with Crippen LogP contribution in [0.25, 0.3) is 0 Å². The number of nitrogens with two attached hydrogens (primary N) is 1. The first-order valence-corrected chi connectivity index (χ1v) is 6.38. The van der Waals surface area contributed by atoms with Crippen molar-refractivity contribution in [2.45, 2.75) is 25.3 Å². The molecule has 116 valence electrons. The maximum absolute atomic E-state index is 12.1. The number of aliphatic hydroxyl groups excluding tert-OH is 1. The molecule has 21 heavy (non-hydrogen) atoms. The van der Waals surface area contributed by atoms with Crippen LogP contribution in [0.15, 0.2) is 18.2 Å². The minimum atomic E-state index is -4.84. The molecule has 1 amide bonds. The molecule has 0 spiro atoms. The number of amides is 1. The average Bonchev–Trinajstić information content (AvgIpc) is 3.20. The zero-order valence-corrected chi connectivity index (χ0v) is 11.0. The number of nitrogens with one attached hydrogen (secondary N) is 1. The van der Waals surface area contributed by atoms with E-state index in [1.165, 1.54) is 6.07 Å². The van der Waals surface area contributed by atoms with Crippen LogP contribution in [0.4, 0.5) is 18.9 Å². The number of anilines is 1. The minimum absolute atomic E-state index is 0.101. The van der Waals surface area contributed by atoms with Crippen molar-refractivity contribution in [1.82, 2.24) is 5.32 Å². The molecule has 2 rings (SSSR count). The molecule has 5 nitrogen and oxygen atoms in total. The summed E-state index contributed by atoms with van der Waals surface area (Å²) in [5, 5.41) is 12.1. The fourth-order valence-electron chi connectivity index (χ4n) is 1.85. The topological polar surface area (TPSA) is 84.6 Å². The molecule has 1 unspecified atom stereocenters. The molecule has 0 saturated heterocycles. The van der Waals surface area contributed by atoms with Crippen molar-refractivity contribution in [2.24, 2.45) is 5.92 Å². The molecule has 1 aliphatic carbocycles. The number of aliphatic hydroxyl groups is 1. The minimum Gasteiger partial charge on any atom is -0.404 e. The van der Waals surface area contributed by atoms with Crippen molar-refractivity contribution in [1.29, 1.82) is 0 Å². The van der Waals surface area contributed by atoms with Gasteiger partial charge < -0.3 is 20.9 Å². The second-order valence-electron chi connectivity index (χ2n) is 4.92. The Morgan fingerprint density at radius 3 is 2.67 bits per heavy atom. The lowest BCUT2D eigenvalue weighted by Crippen LogP contribution is -2.33. The predicted molar refractivity (Wildman–Crippen MR) is 68.6 cm³/mol. The number of carbonyl (C=O) groups excluding carboxylic acids is 1. The van der Waals surface area contributed by atoms with E-state index in [-0.39, 0.29) is 23.7 Å². The third-order valence-corrected chi connectivity index (χ3v) is 3.14. The van der Waals surface area contributed by atoms with Gasteiger partial charge in [-0.3, -0.25) is 4.79 Å². The number of hydrogen-bond donors (Lipinski definition) is 3. The number of rotatable bonds is 5. The highest BCUT2D eigenvalue weighted by atomic mass is 19.4. The van der Waals surface area contributed by atoms with E-state index in [2.05, 4.69) is 10.1 Å². The highest BCUT2D eigenvalue weighted by Crippen LogP contribution is 2.32. The van der Waals surface area contributed by atoms with Crippen LogP contribution in [0.2, 0.25) is 0 Å². The number of alkyl halides is 3. The molecule has 1 aromatic carbocycles. The lowest BCUT2D eigenvalue weighted by Gasteiger charge is -2.13. The van der Waals surface area contributed by atoms with Gasteiger partial charge in [0.1, 0.15) is 0 Å². The van der Waals surface area contributed by atoms with Crippen LogP contribution < -0.4 is 15.8 Å². The van der Waals surface area contributed by atoms with E-state index in [1.54, 1.807) is 0 Å². The fourth-order valence-corrected chi connectivity index (χ4v) is 1.85. The van der Waals surface area contributed by atoms with E-state index in [9.17, 15) is 23.1 Å². The summed E-state index contributed by atoms with van der Waals surface area (Å²) in [5.41, 5.74) is 5.24. The maximum Gasteiger partial charge on any atom is 0.573 e. The summed E-state index contributed by atoms with van der Waals surface area (Å²) in [7, 11) is 0. The predicted octanol–water partition coefficient (Wildman–Crippen LogP) is 1.67. The number of nitrogen functional groups attached to an aromatic ring is 1. The summed E-state index contributed by atoms with van der Waals surface area (Å²) in [6.07, 6.45) is -3.56. The Morgan fingerprint density at radius 2 is 2.14 bits per heavy atom. The fraction of sp³-hybridized carbons (Fsp3) is 0.462. The van der Waals surface area contributed by atoms with Crippen molar-refractivity contribution in [3.8, 4) is 5.75 Å². The molecule has 1 saturated carbocycles. The second kappa shape index (κ2) is 5.80. The van der Waals surface area contributed by atoms with Gasteiger partial charge >= 0.3 is 6.36 Å². The van der Waals surface area contributed by atoms with Gasteiger partial charge in [-0.25, -0.2) is 0 Å².